The molecule has 1 aliphatic rings. The SMILES string of the molecule is CC(C)c1ccc2cc(C3CC3)[s+](C(F)(F)F)c2c1.[Br-]. The van der Waals surface area contributed by atoms with Gasteiger partial charge >= 0.3 is 5.51 Å². The van der Waals surface area contributed by atoms with Crippen LogP contribution in [-0.2, 0) is 5.51 Å². The van der Waals surface area contributed by atoms with Gasteiger partial charge in [0.1, 0.15) is 0 Å². The van der Waals surface area contributed by atoms with E-state index in [4.69, 9.17) is 0 Å². The molecule has 110 valence electrons. The standard InChI is InChI=1S/C15H16F3S.BrH/c1-9(2)11-5-6-12-8-13(10-3-4-10)19(14(12)7-11)15(16,17)18;/h5-10H,3-4H2,1-2H3;1H/q+1;/p-1. The molecule has 0 N–H and O–H groups in total. The first kappa shape index (κ1) is 15.8. The second-order valence-corrected chi connectivity index (χ2v) is 7.51. The fourth-order valence-electron chi connectivity index (χ4n) is 2.46. The Bertz CT molecular complexity index is 624. The molecule has 2 aromatic rings. The summed E-state index contributed by atoms with van der Waals surface area (Å²) < 4.78 is 40.6. The monoisotopic (exact) mass is 364 g/mol. The summed E-state index contributed by atoms with van der Waals surface area (Å²) in [7, 11) is -1.69. The Morgan fingerprint density at radius 3 is 2.30 bits per heavy atom. The summed E-state index contributed by atoms with van der Waals surface area (Å²) in [6, 6.07) is 7.36. The largest absolute Gasteiger partial charge is 1.00 e. The van der Waals surface area contributed by atoms with Crippen molar-refractivity contribution >= 4 is 20.6 Å². The second-order valence-electron chi connectivity index (χ2n) is 5.52. The predicted molar refractivity (Wildman–Crippen MR) is 73.8 cm³/mol. The third-order valence-electron chi connectivity index (χ3n) is 3.67. The lowest BCUT2D eigenvalue weighted by atomic mass is 10.0. The average Bonchev–Trinajstić information content (AvgIpc) is 3.06. The maximum absolute atomic E-state index is 13.4. The van der Waals surface area contributed by atoms with Gasteiger partial charge in [-0.3, -0.25) is 0 Å². The van der Waals surface area contributed by atoms with Gasteiger partial charge in [-0.15, -0.1) is 13.2 Å². The van der Waals surface area contributed by atoms with Gasteiger partial charge in [-0.25, -0.2) is 0 Å². The van der Waals surface area contributed by atoms with Crippen LogP contribution in [0.4, 0.5) is 13.2 Å². The van der Waals surface area contributed by atoms with Gasteiger partial charge < -0.3 is 17.0 Å². The molecule has 0 radical (unpaired) electrons. The Labute approximate surface area is 129 Å². The molecule has 0 aliphatic heterocycles. The molecule has 0 amide bonds. The molecule has 3 rings (SSSR count). The van der Waals surface area contributed by atoms with E-state index >= 15 is 0 Å². The van der Waals surface area contributed by atoms with E-state index in [1.807, 2.05) is 26.0 Å². The smallest absolute Gasteiger partial charge is 0.600 e. The van der Waals surface area contributed by atoms with Crippen molar-refractivity contribution in [2.75, 3.05) is 0 Å². The first-order valence-corrected chi connectivity index (χ1v) is 7.77. The highest BCUT2D eigenvalue weighted by Gasteiger charge is 2.51. The molecule has 1 heterocycles. The van der Waals surface area contributed by atoms with Crippen molar-refractivity contribution in [3.63, 3.8) is 0 Å². The van der Waals surface area contributed by atoms with Crippen LogP contribution >= 0.6 is 10.5 Å². The van der Waals surface area contributed by atoms with Gasteiger partial charge in [0.05, 0.1) is 10.5 Å². The van der Waals surface area contributed by atoms with E-state index in [-0.39, 0.29) is 28.8 Å². The van der Waals surface area contributed by atoms with Crippen LogP contribution in [0.3, 0.4) is 0 Å². The zero-order valence-corrected chi connectivity index (χ0v) is 13.7. The minimum Gasteiger partial charge on any atom is -1.00 e. The van der Waals surface area contributed by atoms with Crippen LogP contribution in [-0.4, -0.2) is 0 Å². The summed E-state index contributed by atoms with van der Waals surface area (Å²) >= 11 is 0. The van der Waals surface area contributed by atoms with Crippen LogP contribution in [0, 0.1) is 0 Å². The van der Waals surface area contributed by atoms with E-state index in [9.17, 15) is 13.2 Å². The first-order chi connectivity index (χ1) is 8.88. The Morgan fingerprint density at radius 1 is 1.15 bits per heavy atom. The van der Waals surface area contributed by atoms with Crippen molar-refractivity contribution in [3.8, 4) is 0 Å². The summed E-state index contributed by atoms with van der Waals surface area (Å²) in [5, 5.41) is 0.770. The van der Waals surface area contributed by atoms with Crippen molar-refractivity contribution in [2.45, 2.75) is 44.0 Å². The number of fused-ring (bicyclic) bond motifs is 1. The predicted octanol–water partition coefficient (Wildman–Crippen LogP) is 3.07. The van der Waals surface area contributed by atoms with Gasteiger partial charge in [-0.2, -0.15) is 0 Å². The summed E-state index contributed by atoms with van der Waals surface area (Å²) in [4.78, 5) is 0.614. The molecule has 0 bridgehead atoms. The number of thiophene rings is 1. The molecule has 1 unspecified atom stereocenters. The lowest BCUT2D eigenvalue weighted by Crippen LogP contribution is -3.00. The van der Waals surface area contributed by atoms with Gasteiger partial charge in [0, 0.05) is 23.4 Å². The molecule has 1 saturated carbocycles. The van der Waals surface area contributed by atoms with E-state index in [0.717, 1.165) is 23.8 Å². The molecule has 1 aromatic heterocycles. The normalized spacial score (nSPS) is 16.6. The minimum absolute atomic E-state index is 0. The molecule has 1 aliphatic carbocycles. The Morgan fingerprint density at radius 2 is 1.80 bits per heavy atom. The molecule has 0 spiro atoms. The highest BCUT2D eigenvalue weighted by molar-refractivity contribution is 7.38. The van der Waals surface area contributed by atoms with E-state index < -0.39 is 16.0 Å². The highest BCUT2D eigenvalue weighted by atomic mass is 79.9. The van der Waals surface area contributed by atoms with E-state index in [2.05, 4.69) is 0 Å². The van der Waals surface area contributed by atoms with Crippen LogP contribution < -0.4 is 17.0 Å². The summed E-state index contributed by atoms with van der Waals surface area (Å²) in [5.41, 5.74) is -3.15. The zero-order chi connectivity index (χ0) is 13.8. The molecule has 5 heteroatoms. The highest BCUT2D eigenvalue weighted by Crippen LogP contribution is 2.57. The van der Waals surface area contributed by atoms with Crippen LogP contribution in [0.5, 0.6) is 0 Å². The van der Waals surface area contributed by atoms with Gasteiger partial charge in [0.2, 0.25) is 0 Å². The van der Waals surface area contributed by atoms with E-state index in [0.29, 0.717) is 9.58 Å². The molecule has 1 fully saturated rings. The van der Waals surface area contributed by atoms with Crippen LogP contribution in [0.2, 0.25) is 0 Å². The van der Waals surface area contributed by atoms with Crippen molar-refractivity contribution in [1.82, 2.24) is 0 Å². The maximum Gasteiger partial charge on any atom is 0.600 e. The quantitative estimate of drug-likeness (QED) is 0.718. The number of hydrogen-bond acceptors (Lipinski definition) is 0. The van der Waals surface area contributed by atoms with Crippen molar-refractivity contribution < 1.29 is 30.2 Å². The Kier molecular flexibility index (Phi) is 4.22. The number of halogens is 4. The summed E-state index contributed by atoms with van der Waals surface area (Å²) in [5.74, 6) is 0.425. The minimum atomic E-state index is -4.14. The number of alkyl halides is 3. The van der Waals surface area contributed by atoms with Crippen LogP contribution in [0.25, 0.3) is 10.1 Å². The Balaban J connectivity index is 0.00000147. The lowest BCUT2D eigenvalue weighted by molar-refractivity contribution is -0.0867. The van der Waals surface area contributed by atoms with Gasteiger partial charge in [-0.05, 0) is 30.4 Å². The average molecular weight is 365 g/mol. The third-order valence-corrected chi connectivity index (χ3v) is 5.85. The fraction of sp³-hybridized carbons (Fsp3) is 0.467. The molecular weight excluding hydrogens is 349 g/mol. The Hall–Kier alpha value is -0.550. The molecule has 1 atom stereocenters. The van der Waals surface area contributed by atoms with E-state index in [1.165, 1.54) is 0 Å². The van der Waals surface area contributed by atoms with Gasteiger partial charge in [-0.1, -0.05) is 19.9 Å². The van der Waals surface area contributed by atoms with Crippen LogP contribution in [0.15, 0.2) is 24.3 Å². The van der Waals surface area contributed by atoms with Crippen molar-refractivity contribution in [1.29, 1.82) is 0 Å². The second kappa shape index (κ2) is 5.34. The molecule has 20 heavy (non-hydrogen) atoms. The molecule has 0 saturated heterocycles. The number of hydrogen-bond donors (Lipinski definition) is 0. The van der Waals surface area contributed by atoms with Crippen molar-refractivity contribution in [3.05, 3.63) is 34.7 Å². The third kappa shape index (κ3) is 2.75. The summed E-state index contributed by atoms with van der Waals surface area (Å²) in [6.45, 7) is 4.02. The molecular formula is C15H16BrF3S. The van der Waals surface area contributed by atoms with Crippen molar-refractivity contribution in [2.24, 2.45) is 0 Å². The number of rotatable bonds is 2. The topological polar surface area (TPSA) is 0 Å². The lowest BCUT2D eigenvalue weighted by Gasteiger charge is -2.04. The summed E-state index contributed by atoms with van der Waals surface area (Å²) in [6.07, 6.45) is 1.83. The van der Waals surface area contributed by atoms with Gasteiger partial charge in [0.15, 0.2) is 9.58 Å². The fourth-order valence-corrected chi connectivity index (χ4v) is 4.66. The maximum atomic E-state index is 13.4. The first-order valence-electron chi connectivity index (χ1n) is 6.54. The van der Waals surface area contributed by atoms with Gasteiger partial charge in [0.25, 0.3) is 0 Å². The van der Waals surface area contributed by atoms with E-state index in [1.54, 1.807) is 12.1 Å². The molecule has 1 aromatic carbocycles. The van der Waals surface area contributed by atoms with Crippen LogP contribution in [0.1, 0.15) is 49.0 Å². The number of benzene rings is 1. The molecule has 0 nitrogen and oxygen atoms in total. The zero-order valence-electron chi connectivity index (χ0n) is 11.3.